The van der Waals surface area contributed by atoms with Crippen molar-refractivity contribution in [3.05, 3.63) is 82.7 Å². The minimum absolute atomic E-state index is 0.000977. The zero-order valence-electron chi connectivity index (χ0n) is 14.4. The molecule has 0 radical (unpaired) electrons. The van der Waals surface area contributed by atoms with Gasteiger partial charge in [-0.15, -0.1) is 11.3 Å². The highest BCUT2D eigenvalue weighted by atomic mass is 32.1. The SMILES string of the molecule is O=C(c1csc2nc(-c3cccc(F)c3)cn12)N1CCc2ccccc2C1. The normalized spacial score (nSPS) is 13.7. The van der Waals surface area contributed by atoms with Gasteiger partial charge < -0.3 is 4.90 Å². The summed E-state index contributed by atoms with van der Waals surface area (Å²) in [7, 11) is 0. The molecule has 134 valence electrons. The molecule has 1 aliphatic rings. The minimum atomic E-state index is -0.299. The number of imidazole rings is 1. The van der Waals surface area contributed by atoms with Crippen molar-refractivity contribution in [2.75, 3.05) is 6.54 Å². The van der Waals surface area contributed by atoms with E-state index in [1.165, 1.54) is 34.6 Å². The molecule has 3 heterocycles. The summed E-state index contributed by atoms with van der Waals surface area (Å²) in [5, 5.41) is 1.85. The highest BCUT2D eigenvalue weighted by Gasteiger charge is 2.24. The Hall–Kier alpha value is -2.99. The lowest BCUT2D eigenvalue weighted by Crippen LogP contribution is -2.36. The van der Waals surface area contributed by atoms with Gasteiger partial charge >= 0.3 is 0 Å². The molecule has 0 N–H and O–H groups in total. The molecule has 0 spiro atoms. The average molecular weight is 377 g/mol. The summed E-state index contributed by atoms with van der Waals surface area (Å²) in [5.41, 5.74) is 4.49. The van der Waals surface area contributed by atoms with Crippen LogP contribution in [0.1, 0.15) is 21.6 Å². The second-order valence-corrected chi connectivity index (χ2v) is 7.49. The summed E-state index contributed by atoms with van der Waals surface area (Å²) in [5.74, 6) is -0.300. The Bertz CT molecular complexity index is 1160. The third-order valence-corrected chi connectivity index (χ3v) is 5.81. The third kappa shape index (κ3) is 2.82. The standard InChI is InChI=1S/C21H16FN3OS/c22-17-7-3-6-15(10-17)18-12-25-19(13-27-21(25)23-18)20(26)24-9-8-14-4-1-2-5-16(14)11-24/h1-7,10,12-13H,8-9,11H2. The van der Waals surface area contributed by atoms with E-state index >= 15 is 0 Å². The fraction of sp³-hybridized carbons (Fsp3) is 0.143. The highest BCUT2D eigenvalue weighted by Crippen LogP contribution is 2.26. The molecule has 0 unspecified atom stereocenters. The van der Waals surface area contributed by atoms with Crippen LogP contribution >= 0.6 is 11.3 Å². The smallest absolute Gasteiger partial charge is 0.272 e. The topological polar surface area (TPSA) is 37.6 Å². The van der Waals surface area contributed by atoms with Crippen LogP contribution in [0.2, 0.25) is 0 Å². The van der Waals surface area contributed by atoms with Crippen LogP contribution in [0.25, 0.3) is 16.2 Å². The van der Waals surface area contributed by atoms with E-state index in [4.69, 9.17) is 0 Å². The van der Waals surface area contributed by atoms with Gasteiger partial charge in [0.15, 0.2) is 4.96 Å². The van der Waals surface area contributed by atoms with Crippen molar-refractivity contribution in [1.29, 1.82) is 0 Å². The molecule has 0 saturated heterocycles. The molecule has 0 saturated carbocycles. The van der Waals surface area contributed by atoms with Crippen LogP contribution in [-0.4, -0.2) is 26.7 Å². The van der Waals surface area contributed by atoms with E-state index in [1.807, 2.05) is 39.1 Å². The van der Waals surface area contributed by atoms with Crippen LogP contribution in [0.4, 0.5) is 4.39 Å². The third-order valence-electron chi connectivity index (χ3n) is 4.97. The van der Waals surface area contributed by atoms with Crippen molar-refractivity contribution in [1.82, 2.24) is 14.3 Å². The number of halogens is 1. The number of aromatic nitrogens is 2. The summed E-state index contributed by atoms with van der Waals surface area (Å²) in [4.78, 5) is 20.3. The number of benzene rings is 2. The number of thiazole rings is 1. The zero-order valence-corrected chi connectivity index (χ0v) is 15.2. The molecule has 2 aromatic carbocycles. The second kappa shape index (κ2) is 6.32. The van der Waals surface area contributed by atoms with Crippen molar-refractivity contribution in [2.45, 2.75) is 13.0 Å². The quantitative estimate of drug-likeness (QED) is 0.519. The van der Waals surface area contributed by atoms with E-state index in [2.05, 4.69) is 17.1 Å². The van der Waals surface area contributed by atoms with Gasteiger partial charge in [0, 0.05) is 30.2 Å². The van der Waals surface area contributed by atoms with E-state index in [-0.39, 0.29) is 11.7 Å². The summed E-state index contributed by atoms with van der Waals surface area (Å²) >= 11 is 1.42. The molecule has 0 atom stereocenters. The molecule has 1 aliphatic heterocycles. The van der Waals surface area contributed by atoms with Crippen molar-refractivity contribution in [2.24, 2.45) is 0 Å². The van der Waals surface area contributed by atoms with Crippen molar-refractivity contribution in [3.63, 3.8) is 0 Å². The Morgan fingerprint density at radius 1 is 1.11 bits per heavy atom. The molecule has 6 heteroatoms. The minimum Gasteiger partial charge on any atom is -0.333 e. The molecule has 4 nitrogen and oxygen atoms in total. The molecule has 5 rings (SSSR count). The summed E-state index contributed by atoms with van der Waals surface area (Å²) < 4.78 is 15.3. The Labute approximate surface area is 159 Å². The van der Waals surface area contributed by atoms with Gasteiger partial charge in [-0.25, -0.2) is 9.37 Å². The summed E-state index contributed by atoms with van der Waals surface area (Å²) in [6.45, 7) is 1.33. The van der Waals surface area contributed by atoms with Crippen LogP contribution < -0.4 is 0 Å². The summed E-state index contributed by atoms with van der Waals surface area (Å²) in [6, 6.07) is 14.6. The Balaban J connectivity index is 1.48. The molecule has 0 bridgehead atoms. The predicted molar refractivity (Wildman–Crippen MR) is 103 cm³/mol. The van der Waals surface area contributed by atoms with E-state index < -0.39 is 0 Å². The molecule has 0 aliphatic carbocycles. The van der Waals surface area contributed by atoms with E-state index in [1.54, 1.807) is 6.07 Å². The first-order valence-corrected chi connectivity index (χ1v) is 9.65. The predicted octanol–water partition coefficient (Wildman–Crippen LogP) is 4.40. The first kappa shape index (κ1) is 16.2. The van der Waals surface area contributed by atoms with Gasteiger partial charge in [0.2, 0.25) is 0 Å². The van der Waals surface area contributed by atoms with Crippen LogP contribution in [0, 0.1) is 5.82 Å². The number of amides is 1. The Kier molecular flexibility index (Phi) is 3.79. The number of carbonyl (C=O) groups excluding carboxylic acids is 1. The lowest BCUT2D eigenvalue weighted by Gasteiger charge is -2.28. The molecule has 1 amide bonds. The zero-order chi connectivity index (χ0) is 18.4. The van der Waals surface area contributed by atoms with Gasteiger partial charge in [0.1, 0.15) is 11.5 Å². The number of fused-ring (bicyclic) bond motifs is 2. The molecular formula is C21H16FN3OS. The maximum atomic E-state index is 13.5. The number of rotatable bonds is 2. The first-order valence-electron chi connectivity index (χ1n) is 8.77. The molecular weight excluding hydrogens is 361 g/mol. The number of nitrogens with zero attached hydrogens (tertiary/aromatic N) is 3. The van der Waals surface area contributed by atoms with E-state index in [0.717, 1.165) is 11.4 Å². The number of hydrogen-bond acceptors (Lipinski definition) is 3. The monoisotopic (exact) mass is 377 g/mol. The lowest BCUT2D eigenvalue weighted by atomic mass is 10.00. The Morgan fingerprint density at radius 2 is 1.96 bits per heavy atom. The van der Waals surface area contributed by atoms with Gasteiger partial charge in [-0.1, -0.05) is 36.4 Å². The van der Waals surface area contributed by atoms with Crippen molar-refractivity contribution < 1.29 is 9.18 Å². The molecule has 2 aromatic heterocycles. The van der Waals surface area contributed by atoms with Crippen LogP contribution in [-0.2, 0) is 13.0 Å². The second-order valence-electron chi connectivity index (χ2n) is 6.66. The molecule has 27 heavy (non-hydrogen) atoms. The van der Waals surface area contributed by atoms with Gasteiger partial charge in [0.25, 0.3) is 5.91 Å². The fourth-order valence-corrected chi connectivity index (χ4v) is 4.40. The van der Waals surface area contributed by atoms with Crippen LogP contribution in [0.15, 0.2) is 60.1 Å². The summed E-state index contributed by atoms with van der Waals surface area (Å²) in [6.07, 6.45) is 2.68. The molecule has 0 fully saturated rings. The van der Waals surface area contributed by atoms with Crippen molar-refractivity contribution >= 4 is 22.2 Å². The van der Waals surface area contributed by atoms with Gasteiger partial charge in [-0.05, 0) is 29.7 Å². The fourth-order valence-electron chi connectivity index (χ4n) is 3.56. The van der Waals surface area contributed by atoms with Crippen LogP contribution in [0.5, 0.6) is 0 Å². The van der Waals surface area contributed by atoms with Gasteiger partial charge in [-0.2, -0.15) is 0 Å². The largest absolute Gasteiger partial charge is 0.333 e. The van der Waals surface area contributed by atoms with Gasteiger partial charge in [-0.3, -0.25) is 9.20 Å². The van der Waals surface area contributed by atoms with E-state index in [0.29, 0.717) is 30.0 Å². The number of carbonyl (C=O) groups is 1. The van der Waals surface area contributed by atoms with Gasteiger partial charge in [0.05, 0.1) is 5.69 Å². The van der Waals surface area contributed by atoms with Crippen LogP contribution in [0.3, 0.4) is 0 Å². The molecule has 4 aromatic rings. The maximum Gasteiger partial charge on any atom is 0.272 e. The highest BCUT2D eigenvalue weighted by molar-refractivity contribution is 7.15. The maximum absolute atomic E-state index is 13.5. The van der Waals surface area contributed by atoms with Crippen molar-refractivity contribution in [3.8, 4) is 11.3 Å². The number of hydrogen-bond donors (Lipinski definition) is 0. The Morgan fingerprint density at radius 3 is 2.81 bits per heavy atom. The van der Waals surface area contributed by atoms with E-state index in [9.17, 15) is 9.18 Å². The first-order chi connectivity index (χ1) is 13.2. The lowest BCUT2D eigenvalue weighted by molar-refractivity contribution is 0.0728. The average Bonchev–Trinajstić information content (AvgIpc) is 3.28.